The summed E-state index contributed by atoms with van der Waals surface area (Å²) in [4.78, 5) is 35.9. The van der Waals surface area contributed by atoms with Crippen LogP contribution in [-0.2, 0) is 24.6 Å². The van der Waals surface area contributed by atoms with Gasteiger partial charge in [-0.15, -0.1) is 0 Å². The minimum absolute atomic E-state index is 0.308. The third kappa shape index (κ3) is 6.29. The zero-order chi connectivity index (χ0) is 31.8. The van der Waals surface area contributed by atoms with Gasteiger partial charge < -0.3 is 19.4 Å². The second-order valence-corrected chi connectivity index (χ2v) is 12.4. The van der Waals surface area contributed by atoms with E-state index in [1.54, 1.807) is 0 Å². The molecule has 0 spiro atoms. The maximum atomic E-state index is 12.1. The van der Waals surface area contributed by atoms with Gasteiger partial charge in [-0.25, -0.2) is 9.59 Å². The molecule has 4 aromatic heterocycles. The van der Waals surface area contributed by atoms with Crippen molar-refractivity contribution in [2.24, 2.45) is 7.05 Å². The van der Waals surface area contributed by atoms with Gasteiger partial charge in [0.1, 0.15) is 0 Å². The SMILES string of the molecule is COC(=O)c1cc(C2CC2)cnc1Cc1ccc2[nH]ccc2c1.Cn1ccc2cc(Cc3ncc(C4CC4)cc3C(=O)O)ccc21. The molecule has 0 unspecified atom stereocenters. The van der Waals surface area contributed by atoms with Crippen molar-refractivity contribution in [3.8, 4) is 0 Å². The second-order valence-electron chi connectivity index (χ2n) is 12.4. The van der Waals surface area contributed by atoms with Crippen LogP contribution in [0.4, 0.5) is 0 Å². The van der Waals surface area contributed by atoms with Crippen LogP contribution in [0.25, 0.3) is 21.8 Å². The van der Waals surface area contributed by atoms with E-state index in [-0.39, 0.29) is 5.97 Å². The second kappa shape index (κ2) is 12.3. The number of benzene rings is 2. The fraction of sp³-hybridized carbons (Fsp3) is 0.263. The number of nitrogens with one attached hydrogen (secondary N) is 1. The topological polar surface area (TPSA) is 110 Å². The number of pyridine rings is 2. The summed E-state index contributed by atoms with van der Waals surface area (Å²) in [5.74, 6) is -0.125. The fourth-order valence-corrected chi connectivity index (χ4v) is 6.09. The normalized spacial score (nSPS) is 14.2. The number of nitrogens with zero attached hydrogens (tertiary/aromatic N) is 3. The Bertz CT molecular complexity index is 2080. The summed E-state index contributed by atoms with van der Waals surface area (Å²) in [6.07, 6.45) is 13.5. The number of H-pyrrole nitrogens is 1. The molecule has 232 valence electrons. The summed E-state index contributed by atoms with van der Waals surface area (Å²) in [7, 11) is 3.43. The van der Waals surface area contributed by atoms with Crippen LogP contribution >= 0.6 is 0 Å². The Labute approximate surface area is 267 Å². The molecular formula is C38H36N4O4. The lowest BCUT2D eigenvalue weighted by Gasteiger charge is -2.09. The van der Waals surface area contributed by atoms with Gasteiger partial charge in [-0.3, -0.25) is 9.97 Å². The number of carboxylic acids is 1. The average Bonchev–Trinajstić information content (AvgIpc) is 4.01. The van der Waals surface area contributed by atoms with Crippen molar-refractivity contribution in [2.45, 2.75) is 50.4 Å². The van der Waals surface area contributed by atoms with E-state index in [1.807, 2.05) is 56.1 Å². The molecule has 0 radical (unpaired) electrons. The predicted molar refractivity (Wildman–Crippen MR) is 178 cm³/mol. The molecule has 0 saturated heterocycles. The van der Waals surface area contributed by atoms with Gasteiger partial charge in [0, 0.05) is 55.7 Å². The maximum absolute atomic E-state index is 12.1. The van der Waals surface area contributed by atoms with Gasteiger partial charge in [-0.1, -0.05) is 12.1 Å². The third-order valence-corrected chi connectivity index (χ3v) is 9.03. The van der Waals surface area contributed by atoms with Gasteiger partial charge in [0.15, 0.2) is 0 Å². The number of hydrogen-bond donors (Lipinski definition) is 2. The first-order chi connectivity index (χ1) is 22.4. The number of rotatable bonds is 8. The van der Waals surface area contributed by atoms with E-state index in [2.05, 4.69) is 55.9 Å². The molecule has 8 nitrogen and oxygen atoms in total. The highest BCUT2D eigenvalue weighted by atomic mass is 16.5. The van der Waals surface area contributed by atoms with Crippen molar-refractivity contribution in [3.63, 3.8) is 0 Å². The average molecular weight is 613 g/mol. The van der Waals surface area contributed by atoms with Crippen LogP contribution < -0.4 is 0 Å². The number of aromatic amines is 1. The molecule has 2 fully saturated rings. The first-order valence-electron chi connectivity index (χ1n) is 15.8. The van der Waals surface area contributed by atoms with Crippen LogP contribution in [0.3, 0.4) is 0 Å². The van der Waals surface area contributed by atoms with Gasteiger partial charge in [-0.2, -0.15) is 0 Å². The molecule has 0 atom stereocenters. The van der Waals surface area contributed by atoms with E-state index >= 15 is 0 Å². The first-order valence-corrected chi connectivity index (χ1v) is 15.8. The largest absolute Gasteiger partial charge is 0.478 e. The number of carboxylic acid groups (broad SMARTS) is 1. The van der Waals surface area contributed by atoms with Crippen LogP contribution in [-0.4, -0.2) is 43.7 Å². The number of fused-ring (bicyclic) bond motifs is 2. The molecule has 6 aromatic rings. The maximum Gasteiger partial charge on any atom is 0.339 e. The highest BCUT2D eigenvalue weighted by Crippen LogP contribution is 2.41. The van der Waals surface area contributed by atoms with E-state index in [0.29, 0.717) is 41.5 Å². The fourth-order valence-electron chi connectivity index (χ4n) is 6.09. The smallest absolute Gasteiger partial charge is 0.339 e. The summed E-state index contributed by atoms with van der Waals surface area (Å²) in [5.41, 5.74) is 9.04. The number of esters is 1. The highest BCUT2D eigenvalue weighted by Gasteiger charge is 2.27. The van der Waals surface area contributed by atoms with Crippen molar-refractivity contribution < 1.29 is 19.4 Å². The third-order valence-electron chi connectivity index (χ3n) is 9.03. The van der Waals surface area contributed by atoms with E-state index in [4.69, 9.17) is 4.74 Å². The van der Waals surface area contributed by atoms with Gasteiger partial charge in [0.05, 0.1) is 29.6 Å². The van der Waals surface area contributed by atoms with Crippen molar-refractivity contribution in [3.05, 3.63) is 130 Å². The lowest BCUT2D eigenvalue weighted by atomic mass is 10.0. The molecular weight excluding hydrogens is 576 g/mol. The Hall–Kier alpha value is -5.24. The molecule has 2 aliphatic rings. The minimum atomic E-state index is -0.893. The van der Waals surface area contributed by atoms with Gasteiger partial charge in [0.2, 0.25) is 0 Å². The van der Waals surface area contributed by atoms with Crippen molar-refractivity contribution >= 4 is 33.7 Å². The summed E-state index contributed by atoms with van der Waals surface area (Å²) in [5, 5.41) is 11.8. The number of aryl methyl sites for hydroxylation is 1. The molecule has 2 aromatic carbocycles. The molecule has 2 N–H and O–H groups in total. The summed E-state index contributed by atoms with van der Waals surface area (Å²) in [6.45, 7) is 0. The summed E-state index contributed by atoms with van der Waals surface area (Å²) < 4.78 is 7.02. The van der Waals surface area contributed by atoms with Crippen molar-refractivity contribution in [1.29, 1.82) is 0 Å². The molecule has 8 rings (SSSR count). The molecule has 0 aliphatic heterocycles. The number of aromatic nitrogens is 4. The minimum Gasteiger partial charge on any atom is -0.478 e. The number of methoxy groups -OCH3 is 1. The Balaban J connectivity index is 0.000000147. The zero-order valence-corrected chi connectivity index (χ0v) is 26.0. The Morgan fingerprint density at radius 1 is 0.826 bits per heavy atom. The lowest BCUT2D eigenvalue weighted by Crippen LogP contribution is -2.09. The van der Waals surface area contributed by atoms with Crippen LogP contribution in [0.1, 0.15) is 91.9 Å². The molecule has 46 heavy (non-hydrogen) atoms. The van der Waals surface area contributed by atoms with Crippen LogP contribution in [0.5, 0.6) is 0 Å². The van der Waals surface area contributed by atoms with Crippen LogP contribution in [0, 0.1) is 0 Å². The number of carbonyl (C=O) groups excluding carboxylic acids is 1. The standard InChI is InChI=1S/2C19H18N2O2/c1-21-7-6-14-8-12(2-5-18(14)21)9-17-16(19(22)23)10-15(11-20-17)13-3-4-13;1-23-19(22)16-10-15(13-3-4-13)11-21-18(16)9-12-2-5-17-14(8-12)6-7-20-17/h2,5-8,10-11,13H,3-4,9H2,1H3,(H,22,23);2,5-8,10-11,13,20H,3-4,9H2,1H3. The Morgan fingerprint density at radius 3 is 2.07 bits per heavy atom. The van der Waals surface area contributed by atoms with E-state index in [9.17, 15) is 14.7 Å². The van der Waals surface area contributed by atoms with Crippen LogP contribution in [0.15, 0.2) is 85.5 Å². The van der Waals surface area contributed by atoms with E-state index < -0.39 is 5.97 Å². The van der Waals surface area contributed by atoms with Crippen molar-refractivity contribution in [1.82, 2.24) is 19.5 Å². The van der Waals surface area contributed by atoms with E-state index in [0.717, 1.165) is 57.1 Å². The van der Waals surface area contributed by atoms with E-state index in [1.165, 1.54) is 25.5 Å². The van der Waals surface area contributed by atoms with Gasteiger partial charge in [-0.05, 0) is 119 Å². The molecule has 4 heterocycles. The number of ether oxygens (including phenoxy) is 1. The quantitative estimate of drug-likeness (QED) is 0.172. The molecule has 0 bridgehead atoms. The first kappa shape index (κ1) is 29.5. The number of carbonyl (C=O) groups is 2. The lowest BCUT2D eigenvalue weighted by molar-refractivity contribution is 0.0598. The highest BCUT2D eigenvalue weighted by molar-refractivity contribution is 5.91. The molecule has 8 heteroatoms. The van der Waals surface area contributed by atoms with Crippen molar-refractivity contribution in [2.75, 3.05) is 7.11 Å². The summed E-state index contributed by atoms with van der Waals surface area (Å²) >= 11 is 0. The Morgan fingerprint density at radius 2 is 1.43 bits per heavy atom. The monoisotopic (exact) mass is 612 g/mol. The molecule has 2 aliphatic carbocycles. The molecule has 2 saturated carbocycles. The van der Waals surface area contributed by atoms with Crippen LogP contribution in [0.2, 0.25) is 0 Å². The predicted octanol–water partition coefficient (Wildman–Crippen LogP) is 7.56. The summed E-state index contributed by atoms with van der Waals surface area (Å²) in [6, 6.07) is 20.4. The van der Waals surface area contributed by atoms with Gasteiger partial charge >= 0.3 is 11.9 Å². The molecule has 0 amide bonds. The number of aromatic carboxylic acids is 1. The van der Waals surface area contributed by atoms with Gasteiger partial charge in [0.25, 0.3) is 0 Å². The Kier molecular flexibility index (Phi) is 7.86. The zero-order valence-electron chi connectivity index (χ0n) is 26.0. The number of hydrogen-bond acceptors (Lipinski definition) is 5.